The SMILES string of the molecule is CNC(c1cc(Cl)sc1Cl)C1CCc2ccccc2C1. The van der Waals surface area contributed by atoms with Gasteiger partial charge in [-0.25, -0.2) is 0 Å². The second kappa shape index (κ2) is 6.07. The summed E-state index contributed by atoms with van der Waals surface area (Å²) in [5, 5.41) is 3.44. The molecule has 0 saturated carbocycles. The largest absolute Gasteiger partial charge is 0.313 e. The minimum Gasteiger partial charge on any atom is -0.313 e. The van der Waals surface area contributed by atoms with E-state index in [2.05, 4.69) is 29.6 Å². The van der Waals surface area contributed by atoms with E-state index in [1.807, 2.05) is 13.1 Å². The van der Waals surface area contributed by atoms with Crippen LogP contribution in [0.15, 0.2) is 30.3 Å². The maximum atomic E-state index is 6.33. The van der Waals surface area contributed by atoms with Crippen molar-refractivity contribution in [2.75, 3.05) is 7.05 Å². The van der Waals surface area contributed by atoms with Gasteiger partial charge < -0.3 is 5.32 Å². The molecular formula is C16H17Cl2NS. The van der Waals surface area contributed by atoms with E-state index in [4.69, 9.17) is 23.2 Å². The van der Waals surface area contributed by atoms with Crippen molar-refractivity contribution in [2.24, 2.45) is 5.92 Å². The minimum atomic E-state index is 0.277. The number of fused-ring (bicyclic) bond motifs is 1. The molecule has 3 rings (SSSR count). The van der Waals surface area contributed by atoms with Gasteiger partial charge >= 0.3 is 0 Å². The molecule has 4 heteroatoms. The Morgan fingerprint density at radius 3 is 2.65 bits per heavy atom. The molecule has 0 fully saturated rings. The van der Waals surface area contributed by atoms with E-state index in [0.29, 0.717) is 5.92 Å². The summed E-state index contributed by atoms with van der Waals surface area (Å²) in [6.45, 7) is 0. The van der Waals surface area contributed by atoms with E-state index in [1.165, 1.54) is 28.9 Å². The molecule has 0 aliphatic heterocycles. The smallest absolute Gasteiger partial charge is 0.0992 e. The maximum absolute atomic E-state index is 6.33. The van der Waals surface area contributed by atoms with Crippen LogP contribution in [-0.4, -0.2) is 7.05 Å². The van der Waals surface area contributed by atoms with Gasteiger partial charge in [0.25, 0.3) is 0 Å². The van der Waals surface area contributed by atoms with Crippen LogP contribution in [0, 0.1) is 5.92 Å². The molecule has 0 amide bonds. The quantitative estimate of drug-likeness (QED) is 0.825. The Morgan fingerprint density at radius 1 is 1.25 bits per heavy atom. The van der Waals surface area contributed by atoms with E-state index < -0.39 is 0 Å². The van der Waals surface area contributed by atoms with Gasteiger partial charge in [-0.05, 0) is 49.4 Å². The standard InChI is InChI=1S/C16H17Cl2NS/c1-19-15(13-9-14(17)20-16(13)18)12-7-6-10-4-2-3-5-11(10)8-12/h2-5,9,12,15,19H,6-8H2,1H3. The zero-order valence-corrected chi connectivity index (χ0v) is 13.7. The summed E-state index contributed by atoms with van der Waals surface area (Å²) >= 11 is 13.9. The van der Waals surface area contributed by atoms with Crippen molar-refractivity contribution in [2.45, 2.75) is 25.3 Å². The maximum Gasteiger partial charge on any atom is 0.0992 e. The number of thiophene rings is 1. The molecule has 1 aromatic heterocycles. The molecule has 1 nitrogen and oxygen atoms in total. The van der Waals surface area contributed by atoms with Gasteiger partial charge in [-0.15, -0.1) is 11.3 Å². The van der Waals surface area contributed by atoms with Gasteiger partial charge in [-0.3, -0.25) is 0 Å². The molecule has 0 bridgehead atoms. The third-order valence-electron chi connectivity index (χ3n) is 4.19. The predicted octanol–water partition coefficient (Wildman–Crippen LogP) is 5.12. The molecule has 1 aromatic carbocycles. The van der Waals surface area contributed by atoms with Crippen molar-refractivity contribution in [1.82, 2.24) is 5.32 Å². The Labute approximate surface area is 133 Å². The Kier molecular flexibility index (Phi) is 4.37. The van der Waals surface area contributed by atoms with Crippen LogP contribution < -0.4 is 5.32 Å². The van der Waals surface area contributed by atoms with Crippen LogP contribution >= 0.6 is 34.5 Å². The van der Waals surface area contributed by atoms with Gasteiger partial charge in [0, 0.05) is 11.6 Å². The number of benzene rings is 1. The topological polar surface area (TPSA) is 12.0 Å². The Hall–Kier alpha value is -0.540. The highest BCUT2D eigenvalue weighted by molar-refractivity contribution is 7.20. The van der Waals surface area contributed by atoms with Gasteiger partial charge in [0.1, 0.15) is 0 Å². The first-order valence-electron chi connectivity index (χ1n) is 6.88. The fourth-order valence-electron chi connectivity index (χ4n) is 3.22. The molecule has 106 valence electrons. The van der Waals surface area contributed by atoms with E-state index in [-0.39, 0.29) is 6.04 Å². The Bertz CT molecular complexity index is 608. The molecule has 2 unspecified atom stereocenters. The highest BCUT2D eigenvalue weighted by Gasteiger charge is 2.28. The lowest BCUT2D eigenvalue weighted by Gasteiger charge is -2.31. The van der Waals surface area contributed by atoms with Crippen LogP contribution in [0.4, 0.5) is 0 Å². The fraction of sp³-hybridized carbons (Fsp3) is 0.375. The fourth-order valence-corrected chi connectivity index (χ4v) is 4.77. The minimum absolute atomic E-state index is 0.277. The lowest BCUT2D eigenvalue weighted by Crippen LogP contribution is -2.29. The molecule has 2 aromatic rings. The summed E-state index contributed by atoms with van der Waals surface area (Å²) in [6.07, 6.45) is 3.44. The summed E-state index contributed by atoms with van der Waals surface area (Å²) in [4.78, 5) is 0. The number of nitrogens with one attached hydrogen (secondary N) is 1. The summed E-state index contributed by atoms with van der Waals surface area (Å²) in [5.74, 6) is 0.568. The van der Waals surface area contributed by atoms with Crippen molar-refractivity contribution in [3.8, 4) is 0 Å². The van der Waals surface area contributed by atoms with Crippen LogP contribution in [0.5, 0.6) is 0 Å². The zero-order valence-electron chi connectivity index (χ0n) is 11.3. The van der Waals surface area contributed by atoms with Gasteiger partial charge in [-0.2, -0.15) is 0 Å². The van der Waals surface area contributed by atoms with E-state index >= 15 is 0 Å². The van der Waals surface area contributed by atoms with E-state index in [0.717, 1.165) is 27.1 Å². The zero-order chi connectivity index (χ0) is 14.1. The highest BCUT2D eigenvalue weighted by Crippen LogP contribution is 2.41. The van der Waals surface area contributed by atoms with Crippen molar-refractivity contribution >= 4 is 34.5 Å². The molecule has 1 N–H and O–H groups in total. The number of aryl methyl sites for hydroxylation is 1. The highest BCUT2D eigenvalue weighted by atomic mass is 35.5. The molecule has 0 saturated heterocycles. The van der Waals surface area contributed by atoms with Gasteiger partial charge in [-0.1, -0.05) is 47.5 Å². The molecule has 2 atom stereocenters. The van der Waals surface area contributed by atoms with Crippen molar-refractivity contribution in [3.05, 3.63) is 55.7 Å². The van der Waals surface area contributed by atoms with E-state index in [9.17, 15) is 0 Å². The summed E-state index contributed by atoms with van der Waals surface area (Å²) in [5.41, 5.74) is 4.11. The Balaban J connectivity index is 1.87. The second-order valence-electron chi connectivity index (χ2n) is 5.32. The summed E-state index contributed by atoms with van der Waals surface area (Å²) < 4.78 is 1.58. The summed E-state index contributed by atoms with van der Waals surface area (Å²) in [7, 11) is 2.01. The van der Waals surface area contributed by atoms with Crippen LogP contribution in [0.2, 0.25) is 8.67 Å². The van der Waals surface area contributed by atoms with Crippen LogP contribution in [0.3, 0.4) is 0 Å². The average Bonchev–Trinajstić information content (AvgIpc) is 2.78. The monoisotopic (exact) mass is 325 g/mol. The first-order valence-corrected chi connectivity index (χ1v) is 8.45. The number of halogens is 2. The first-order chi connectivity index (χ1) is 9.69. The second-order valence-corrected chi connectivity index (χ2v) is 7.60. The molecule has 20 heavy (non-hydrogen) atoms. The first kappa shape index (κ1) is 14.4. The van der Waals surface area contributed by atoms with Crippen LogP contribution in [-0.2, 0) is 12.8 Å². The third-order valence-corrected chi connectivity index (χ3v) is 5.70. The average molecular weight is 326 g/mol. The molecule has 0 radical (unpaired) electrons. The Morgan fingerprint density at radius 2 is 2.00 bits per heavy atom. The normalized spacial score (nSPS) is 19.6. The van der Waals surface area contributed by atoms with Crippen LogP contribution in [0.25, 0.3) is 0 Å². The molecule has 1 heterocycles. The number of hydrogen-bond acceptors (Lipinski definition) is 2. The molecule has 1 aliphatic carbocycles. The van der Waals surface area contributed by atoms with Gasteiger partial charge in [0.15, 0.2) is 0 Å². The molecule has 1 aliphatic rings. The van der Waals surface area contributed by atoms with Crippen molar-refractivity contribution in [1.29, 1.82) is 0 Å². The van der Waals surface area contributed by atoms with Crippen molar-refractivity contribution in [3.63, 3.8) is 0 Å². The number of rotatable bonds is 3. The van der Waals surface area contributed by atoms with E-state index in [1.54, 1.807) is 0 Å². The molecule has 0 spiro atoms. The predicted molar refractivity (Wildman–Crippen MR) is 88.1 cm³/mol. The third kappa shape index (κ3) is 2.75. The molecular weight excluding hydrogens is 309 g/mol. The van der Waals surface area contributed by atoms with Crippen LogP contribution in [0.1, 0.15) is 29.2 Å². The van der Waals surface area contributed by atoms with Crippen molar-refractivity contribution < 1.29 is 0 Å². The lowest BCUT2D eigenvalue weighted by atomic mass is 9.78. The number of hydrogen-bond donors (Lipinski definition) is 1. The van der Waals surface area contributed by atoms with Gasteiger partial charge in [0.05, 0.1) is 8.67 Å². The van der Waals surface area contributed by atoms with Gasteiger partial charge in [0.2, 0.25) is 0 Å². The lowest BCUT2D eigenvalue weighted by molar-refractivity contribution is 0.343. The summed E-state index contributed by atoms with van der Waals surface area (Å²) in [6, 6.07) is 11.0.